The number of thioether (sulfide) groups is 1. The minimum Gasteiger partial charge on any atom is -0.378 e. The Labute approximate surface area is 247 Å². The number of ether oxygens (including phenoxy) is 1. The summed E-state index contributed by atoms with van der Waals surface area (Å²) in [4.78, 5) is 31.3. The lowest BCUT2D eigenvalue weighted by atomic mass is 9.90. The molecule has 1 N–H and O–H groups in total. The first-order valence-corrected chi connectivity index (χ1v) is 16.0. The molecule has 5 aromatic rings. The number of benzene rings is 2. The molecule has 0 bridgehead atoms. The molecule has 2 aromatic carbocycles. The first-order chi connectivity index (χ1) is 20.3. The van der Waals surface area contributed by atoms with Crippen LogP contribution in [-0.4, -0.2) is 52.9 Å². The van der Waals surface area contributed by atoms with E-state index in [9.17, 15) is 4.79 Å². The van der Waals surface area contributed by atoms with Crippen molar-refractivity contribution in [1.29, 1.82) is 0 Å². The highest BCUT2D eigenvalue weighted by Crippen LogP contribution is 2.43. The van der Waals surface area contributed by atoms with Gasteiger partial charge in [0.05, 0.1) is 35.2 Å². The minimum absolute atomic E-state index is 0.0364. The maximum atomic E-state index is 13.3. The number of aryl methyl sites for hydroxylation is 1. The minimum atomic E-state index is -0.213. The summed E-state index contributed by atoms with van der Waals surface area (Å²) >= 11 is 3.12. The Morgan fingerprint density at radius 1 is 0.951 bits per heavy atom. The van der Waals surface area contributed by atoms with Gasteiger partial charge in [0, 0.05) is 18.5 Å². The summed E-state index contributed by atoms with van der Waals surface area (Å²) in [5.74, 6) is 1.35. The maximum Gasteiger partial charge on any atom is 0.231 e. The molecule has 7 rings (SSSR count). The number of fused-ring (bicyclic) bond motifs is 5. The number of hydrogen-bond acceptors (Lipinski definition) is 8. The zero-order valence-electron chi connectivity index (χ0n) is 22.7. The predicted octanol–water partition coefficient (Wildman–Crippen LogP) is 5.95. The van der Waals surface area contributed by atoms with E-state index in [0.29, 0.717) is 0 Å². The van der Waals surface area contributed by atoms with Gasteiger partial charge in [0.1, 0.15) is 22.0 Å². The third kappa shape index (κ3) is 5.29. The Balaban J connectivity index is 1.18. The number of morpholine rings is 1. The molecule has 0 radical (unpaired) electrons. The second-order valence-corrected chi connectivity index (χ2v) is 12.4. The second-order valence-electron chi connectivity index (χ2n) is 10.4. The molecule has 1 fully saturated rings. The largest absolute Gasteiger partial charge is 0.378 e. The van der Waals surface area contributed by atoms with Crippen LogP contribution in [0.2, 0.25) is 0 Å². The first kappa shape index (κ1) is 26.4. The van der Waals surface area contributed by atoms with E-state index in [-0.39, 0.29) is 17.7 Å². The Morgan fingerprint density at radius 2 is 1.63 bits per heavy atom. The summed E-state index contributed by atoms with van der Waals surface area (Å²) < 4.78 is 6.63. The van der Waals surface area contributed by atoms with Gasteiger partial charge in [-0.2, -0.15) is 0 Å². The number of carbonyl (C=O) groups is 1. The van der Waals surface area contributed by atoms with Gasteiger partial charge < -0.3 is 15.0 Å². The monoisotopic (exact) mass is 581 g/mol. The number of amides is 1. The van der Waals surface area contributed by atoms with E-state index in [4.69, 9.17) is 14.7 Å². The topological polar surface area (TPSA) is 80.2 Å². The van der Waals surface area contributed by atoms with Crippen molar-refractivity contribution in [2.45, 2.75) is 36.8 Å². The number of pyridine rings is 1. The predicted molar refractivity (Wildman–Crippen MR) is 166 cm³/mol. The Morgan fingerprint density at radius 3 is 2.34 bits per heavy atom. The summed E-state index contributed by atoms with van der Waals surface area (Å²) in [5, 5.41) is 5.27. The van der Waals surface area contributed by atoms with Gasteiger partial charge in [-0.25, -0.2) is 15.0 Å². The molecule has 0 spiro atoms. The molecule has 0 unspecified atom stereocenters. The highest BCUT2D eigenvalue weighted by molar-refractivity contribution is 8.00. The molecule has 41 heavy (non-hydrogen) atoms. The normalized spacial score (nSPS) is 15.4. The summed E-state index contributed by atoms with van der Waals surface area (Å²) in [6, 6.07) is 20.0. The fraction of sp³-hybridized carbons (Fsp3) is 0.312. The average molecular weight is 582 g/mol. The zero-order valence-corrected chi connectivity index (χ0v) is 24.3. The van der Waals surface area contributed by atoms with Crippen molar-refractivity contribution in [1.82, 2.24) is 20.3 Å². The van der Waals surface area contributed by atoms with E-state index >= 15 is 0 Å². The molecular formula is C32H31N5O2S2. The SMILES string of the molecule is O=C(CSc1ncnc2c1sc1nc(N3CCOCC3)c3c(c12)CCCC3)NC(c1ccccc1)c1ccccc1. The lowest BCUT2D eigenvalue weighted by molar-refractivity contribution is -0.119. The number of thiophene rings is 1. The molecule has 4 heterocycles. The second kappa shape index (κ2) is 11.8. The molecule has 9 heteroatoms. The summed E-state index contributed by atoms with van der Waals surface area (Å²) in [6.07, 6.45) is 6.11. The van der Waals surface area contributed by atoms with Crippen molar-refractivity contribution < 1.29 is 9.53 Å². The number of hydrogen-bond donors (Lipinski definition) is 1. The third-order valence-electron chi connectivity index (χ3n) is 7.89. The highest BCUT2D eigenvalue weighted by atomic mass is 32.2. The molecule has 7 nitrogen and oxygen atoms in total. The van der Waals surface area contributed by atoms with Crippen LogP contribution in [0, 0.1) is 0 Å². The van der Waals surface area contributed by atoms with Gasteiger partial charge in [0.25, 0.3) is 0 Å². The van der Waals surface area contributed by atoms with E-state index in [2.05, 4.69) is 39.5 Å². The number of rotatable bonds is 7. The third-order valence-corrected chi connectivity index (χ3v) is 10.1. The molecule has 3 aromatic heterocycles. The van der Waals surface area contributed by atoms with Crippen LogP contribution in [0.5, 0.6) is 0 Å². The van der Waals surface area contributed by atoms with Crippen molar-refractivity contribution in [3.63, 3.8) is 0 Å². The van der Waals surface area contributed by atoms with Gasteiger partial charge in [-0.15, -0.1) is 11.3 Å². The van der Waals surface area contributed by atoms with Crippen LogP contribution >= 0.6 is 23.1 Å². The number of aromatic nitrogens is 3. The molecule has 0 atom stereocenters. The zero-order chi connectivity index (χ0) is 27.6. The number of anilines is 1. The van der Waals surface area contributed by atoms with Crippen LogP contribution in [0.1, 0.15) is 41.1 Å². The standard InChI is InChI=1S/C32H31N5O2S2/c38-25(35-27(21-9-3-1-4-10-21)22-11-5-2-6-12-22)19-40-32-29-28(33-20-34-32)26-23-13-7-8-14-24(23)30(36-31(26)41-29)37-15-17-39-18-16-37/h1-6,9-12,20,27H,7-8,13-19H2,(H,35,38). The van der Waals surface area contributed by atoms with Gasteiger partial charge in [-0.3, -0.25) is 4.79 Å². The number of carbonyl (C=O) groups excluding carboxylic acids is 1. The lowest BCUT2D eigenvalue weighted by Gasteiger charge is -2.31. The van der Waals surface area contributed by atoms with Crippen molar-refractivity contribution in [3.8, 4) is 0 Å². The van der Waals surface area contributed by atoms with E-state index in [1.165, 1.54) is 41.1 Å². The quantitative estimate of drug-likeness (QED) is 0.188. The molecular weight excluding hydrogens is 551 g/mol. The first-order valence-electron chi connectivity index (χ1n) is 14.2. The summed E-state index contributed by atoms with van der Waals surface area (Å²) in [7, 11) is 0. The van der Waals surface area contributed by atoms with Gasteiger partial charge in [0.15, 0.2) is 0 Å². The Hall–Kier alpha value is -3.53. The summed E-state index contributed by atoms with van der Waals surface area (Å²) in [6.45, 7) is 3.23. The van der Waals surface area contributed by atoms with Crippen LogP contribution in [0.15, 0.2) is 72.0 Å². The van der Waals surface area contributed by atoms with Crippen molar-refractivity contribution in [2.24, 2.45) is 0 Å². The molecule has 1 amide bonds. The van der Waals surface area contributed by atoms with Gasteiger partial charge in [-0.1, -0.05) is 72.4 Å². The molecule has 2 aliphatic rings. The average Bonchev–Trinajstić information content (AvgIpc) is 3.43. The van der Waals surface area contributed by atoms with Crippen LogP contribution < -0.4 is 10.2 Å². The lowest BCUT2D eigenvalue weighted by Crippen LogP contribution is -2.37. The van der Waals surface area contributed by atoms with Gasteiger partial charge in [-0.05, 0) is 47.9 Å². The fourth-order valence-corrected chi connectivity index (χ4v) is 7.99. The number of nitrogens with one attached hydrogen (secondary N) is 1. The van der Waals surface area contributed by atoms with Gasteiger partial charge in [0.2, 0.25) is 5.91 Å². The van der Waals surface area contributed by atoms with Crippen molar-refractivity contribution >= 4 is 55.3 Å². The summed E-state index contributed by atoms with van der Waals surface area (Å²) in [5.41, 5.74) is 5.85. The molecule has 1 aliphatic carbocycles. The van der Waals surface area contributed by atoms with Crippen molar-refractivity contribution in [3.05, 3.63) is 89.2 Å². The van der Waals surface area contributed by atoms with Crippen LogP contribution in [0.25, 0.3) is 20.4 Å². The van der Waals surface area contributed by atoms with E-state index in [1.54, 1.807) is 17.7 Å². The van der Waals surface area contributed by atoms with Crippen LogP contribution in [0.4, 0.5) is 5.82 Å². The maximum absolute atomic E-state index is 13.3. The molecule has 0 saturated carbocycles. The molecule has 208 valence electrons. The van der Waals surface area contributed by atoms with Crippen LogP contribution in [0.3, 0.4) is 0 Å². The molecule has 1 aliphatic heterocycles. The van der Waals surface area contributed by atoms with Crippen molar-refractivity contribution in [2.75, 3.05) is 37.0 Å². The number of nitrogens with zero attached hydrogens (tertiary/aromatic N) is 4. The van der Waals surface area contributed by atoms with Gasteiger partial charge >= 0.3 is 0 Å². The highest BCUT2D eigenvalue weighted by Gasteiger charge is 2.27. The van der Waals surface area contributed by atoms with E-state index in [0.717, 1.165) is 76.2 Å². The Bertz CT molecular complexity index is 1650. The fourth-order valence-electron chi connectivity index (χ4n) is 5.95. The molecule has 1 saturated heterocycles. The Kier molecular flexibility index (Phi) is 7.56. The van der Waals surface area contributed by atoms with E-state index in [1.807, 2.05) is 36.4 Å². The van der Waals surface area contributed by atoms with E-state index < -0.39 is 0 Å². The van der Waals surface area contributed by atoms with Crippen LogP contribution in [-0.2, 0) is 22.4 Å². The smallest absolute Gasteiger partial charge is 0.231 e.